The molecule has 0 bridgehead atoms. The number of hydrogen-bond acceptors (Lipinski definition) is 3. The molecule has 2 rings (SSSR count). The molecule has 0 saturated heterocycles. The SMILES string of the molecule is CN1c2ccc(C(=O)NC(C)(C)C(C)(F)F)cc2C(C)(C)S1(=O)=O. The number of alkyl halides is 2. The van der Waals surface area contributed by atoms with Crippen LogP contribution in [-0.2, 0) is 14.8 Å². The van der Waals surface area contributed by atoms with Gasteiger partial charge in [0.15, 0.2) is 0 Å². The highest BCUT2D eigenvalue weighted by Crippen LogP contribution is 2.46. The summed E-state index contributed by atoms with van der Waals surface area (Å²) in [5, 5.41) is 2.31. The summed E-state index contributed by atoms with van der Waals surface area (Å²) in [6, 6.07) is 4.41. The van der Waals surface area contributed by atoms with Crippen LogP contribution >= 0.6 is 0 Å². The highest BCUT2D eigenvalue weighted by Gasteiger charge is 2.48. The molecule has 0 radical (unpaired) electrons. The van der Waals surface area contributed by atoms with Crippen molar-refractivity contribution in [1.29, 1.82) is 0 Å². The topological polar surface area (TPSA) is 66.5 Å². The highest BCUT2D eigenvalue weighted by molar-refractivity contribution is 7.94. The normalized spacial score (nSPS) is 19.1. The van der Waals surface area contributed by atoms with Gasteiger partial charge in [-0.25, -0.2) is 17.2 Å². The Kier molecular flexibility index (Phi) is 4.00. The predicted octanol–water partition coefficient (Wildman–Crippen LogP) is 2.86. The van der Waals surface area contributed by atoms with Gasteiger partial charge in [-0.15, -0.1) is 0 Å². The molecule has 1 aliphatic heterocycles. The van der Waals surface area contributed by atoms with Gasteiger partial charge >= 0.3 is 0 Å². The second-order valence-corrected chi connectivity index (χ2v) is 9.70. The molecule has 1 amide bonds. The Labute approximate surface area is 141 Å². The third-order valence-corrected chi connectivity index (χ3v) is 7.20. The minimum atomic E-state index is -3.58. The Morgan fingerprint density at radius 1 is 1.21 bits per heavy atom. The molecule has 24 heavy (non-hydrogen) atoms. The maximum atomic E-state index is 13.6. The van der Waals surface area contributed by atoms with Gasteiger partial charge in [0.05, 0.1) is 11.2 Å². The molecule has 0 spiro atoms. The van der Waals surface area contributed by atoms with Crippen molar-refractivity contribution in [3.8, 4) is 0 Å². The van der Waals surface area contributed by atoms with Crippen molar-refractivity contribution in [2.45, 2.75) is 50.8 Å². The van der Waals surface area contributed by atoms with E-state index in [0.717, 1.165) is 6.92 Å². The van der Waals surface area contributed by atoms with Crippen LogP contribution in [0.4, 0.5) is 14.5 Å². The molecule has 1 N–H and O–H groups in total. The zero-order valence-electron chi connectivity index (χ0n) is 14.6. The summed E-state index contributed by atoms with van der Waals surface area (Å²) in [4.78, 5) is 12.4. The molecule has 1 aliphatic rings. The lowest BCUT2D eigenvalue weighted by molar-refractivity contribution is -0.0547. The summed E-state index contributed by atoms with van der Waals surface area (Å²) in [7, 11) is -2.13. The third kappa shape index (κ3) is 2.56. The molecule has 0 aromatic heterocycles. The first kappa shape index (κ1) is 18.6. The first-order chi connectivity index (χ1) is 10.6. The molecule has 1 aromatic rings. The Balaban J connectivity index is 2.43. The Bertz CT molecular complexity index is 796. The van der Waals surface area contributed by atoms with Crippen molar-refractivity contribution >= 4 is 21.6 Å². The second kappa shape index (κ2) is 5.15. The third-order valence-electron chi connectivity index (χ3n) is 4.78. The average molecular weight is 360 g/mol. The van der Waals surface area contributed by atoms with Gasteiger partial charge in [0.1, 0.15) is 4.75 Å². The zero-order chi connectivity index (χ0) is 18.7. The average Bonchev–Trinajstić information content (AvgIpc) is 2.55. The largest absolute Gasteiger partial charge is 0.341 e. The molecule has 0 fully saturated rings. The summed E-state index contributed by atoms with van der Waals surface area (Å²) in [5.41, 5.74) is -0.637. The Morgan fingerprint density at radius 2 is 1.75 bits per heavy atom. The summed E-state index contributed by atoms with van der Waals surface area (Å²) in [6.45, 7) is 6.31. The summed E-state index contributed by atoms with van der Waals surface area (Å²) < 4.78 is 52.0. The second-order valence-electron chi connectivity index (χ2n) is 7.18. The van der Waals surface area contributed by atoms with Crippen molar-refractivity contribution < 1.29 is 22.0 Å². The van der Waals surface area contributed by atoms with Crippen molar-refractivity contribution in [3.05, 3.63) is 29.3 Å². The van der Waals surface area contributed by atoms with Crippen LogP contribution in [-0.4, -0.2) is 32.8 Å². The van der Waals surface area contributed by atoms with Gasteiger partial charge < -0.3 is 5.32 Å². The number of nitrogens with zero attached hydrogens (tertiary/aromatic N) is 1. The minimum absolute atomic E-state index is 0.143. The molecule has 0 saturated carbocycles. The van der Waals surface area contributed by atoms with Gasteiger partial charge in [0.2, 0.25) is 10.0 Å². The van der Waals surface area contributed by atoms with Gasteiger partial charge in [-0.2, -0.15) is 0 Å². The monoisotopic (exact) mass is 360 g/mol. The van der Waals surface area contributed by atoms with Crippen LogP contribution < -0.4 is 9.62 Å². The number of carbonyl (C=O) groups is 1. The van der Waals surface area contributed by atoms with E-state index in [4.69, 9.17) is 0 Å². The fourth-order valence-electron chi connectivity index (χ4n) is 2.51. The molecule has 1 aromatic carbocycles. The summed E-state index contributed by atoms with van der Waals surface area (Å²) in [5.74, 6) is -3.78. The number of sulfonamides is 1. The standard InChI is InChI=1S/C16H22F2N2O3S/c1-14(2)11-9-10(7-8-12(11)20(6)24(14,22)23)13(21)19-15(3,4)16(5,17)18/h7-9H,1-6H3,(H,19,21). The van der Waals surface area contributed by atoms with E-state index in [2.05, 4.69) is 5.32 Å². The van der Waals surface area contributed by atoms with E-state index >= 15 is 0 Å². The van der Waals surface area contributed by atoms with E-state index in [-0.39, 0.29) is 5.56 Å². The van der Waals surface area contributed by atoms with Crippen molar-refractivity contribution in [2.75, 3.05) is 11.4 Å². The lowest BCUT2D eigenvalue weighted by Crippen LogP contribution is -2.54. The molecule has 8 heteroatoms. The number of fused-ring (bicyclic) bond motifs is 1. The lowest BCUT2D eigenvalue weighted by Gasteiger charge is -2.32. The lowest BCUT2D eigenvalue weighted by atomic mass is 9.95. The van der Waals surface area contributed by atoms with Gasteiger partial charge in [-0.3, -0.25) is 9.10 Å². The number of halogens is 2. The minimum Gasteiger partial charge on any atom is -0.341 e. The first-order valence-electron chi connectivity index (χ1n) is 7.46. The molecular formula is C16H22F2N2O3S. The smallest absolute Gasteiger partial charge is 0.267 e. The fraction of sp³-hybridized carbons (Fsp3) is 0.562. The number of carbonyl (C=O) groups excluding carboxylic acids is 1. The summed E-state index contributed by atoms with van der Waals surface area (Å²) in [6.07, 6.45) is 0. The number of nitrogens with one attached hydrogen (secondary N) is 1. The Morgan fingerprint density at radius 3 is 2.25 bits per heavy atom. The quantitative estimate of drug-likeness (QED) is 0.901. The molecule has 1 heterocycles. The highest BCUT2D eigenvalue weighted by atomic mass is 32.2. The van der Waals surface area contributed by atoms with Crippen LogP contribution in [0.15, 0.2) is 18.2 Å². The van der Waals surface area contributed by atoms with E-state index in [9.17, 15) is 22.0 Å². The van der Waals surface area contributed by atoms with Crippen molar-refractivity contribution in [3.63, 3.8) is 0 Å². The molecule has 134 valence electrons. The van der Waals surface area contributed by atoms with Crippen LogP contribution in [0.25, 0.3) is 0 Å². The van der Waals surface area contributed by atoms with E-state index in [1.165, 1.54) is 43.4 Å². The number of benzene rings is 1. The van der Waals surface area contributed by atoms with Crippen LogP contribution in [0.2, 0.25) is 0 Å². The molecule has 5 nitrogen and oxygen atoms in total. The van der Waals surface area contributed by atoms with Gasteiger partial charge in [0, 0.05) is 19.5 Å². The van der Waals surface area contributed by atoms with Gasteiger partial charge in [0.25, 0.3) is 11.8 Å². The Hall–Kier alpha value is -1.70. The van der Waals surface area contributed by atoms with Crippen molar-refractivity contribution in [2.24, 2.45) is 0 Å². The van der Waals surface area contributed by atoms with Crippen LogP contribution in [0, 0.1) is 0 Å². The zero-order valence-corrected chi connectivity index (χ0v) is 15.4. The molecule has 0 unspecified atom stereocenters. The van der Waals surface area contributed by atoms with E-state index in [1.54, 1.807) is 13.8 Å². The number of amides is 1. The number of rotatable bonds is 3. The molecule has 0 atom stereocenters. The van der Waals surface area contributed by atoms with Crippen LogP contribution in [0.3, 0.4) is 0 Å². The maximum Gasteiger partial charge on any atom is 0.267 e. The number of hydrogen-bond donors (Lipinski definition) is 1. The number of anilines is 1. The molecule has 0 aliphatic carbocycles. The van der Waals surface area contributed by atoms with E-state index in [1.807, 2.05) is 0 Å². The van der Waals surface area contributed by atoms with E-state index in [0.29, 0.717) is 11.3 Å². The first-order valence-corrected chi connectivity index (χ1v) is 8.90. The van der Waals surface area contributed by atoms with Gasteiger partial charge in [-0.05, 0) is 51.5 Å². The van der Waals surface area contributed by atoms with Crippen LogP contribution in [0.1, 0.15) is 50.5 Å². The van der Waals surface area contributed by atoms with Crippen molar-refractivity contribution in [1.82, 2.24) is 5.32 Å². The van der Waals surface area contributed by atoms with E-state index < -0.39 is 32.1 Å². The van der Waals surface area contributed by atoms with Gasteiger partial charge in [-0.1, -0.05) is 0 Å². The summed E-state index contributed by atoms with van der Waals surface area (Å²) >= 11 is 0. The predicted molar refractivity (Wildman–Crippen MR) is 89.0 cm³/mol. The molecular weight excluding hydrogens is 338 g/mol. The van der Waals surface area contributed by atoms with Crippen LogP contribution in [0.5, 0.6) is 0 Å². The fourth-order valence-corrected chi connectivity index (χ4v) is 4.05. The maximum absolute atomic E-state index is 13.6.